The van der Waals surface area contributed by atoms with Gasteiger partial charge in [0.25, 0.3) is 0 Å². The number of aryl methyl sites for hydroxylation is 1. The Morgan fingerprint density at radius 3 is 2.62 bits per heavy atom. The van der Waals surface area contributed by atoms with Crippen LogP contribution in [0.25, 0.3) is 5.69 Å². The van der Waals surface area contributed by atoms with Crippen LogP contribution in [-0.2, 0) is 0 Å². The molecule has 1 aromatic heterocycles. The lowest BCUT2D eigenvalue weighted by Crippen LogP contribution is -2.03. The molecule has 2 aromatic rings. The van der Waals surface area contributed by atoms with Gasteiger partial charge >= 0.3 is 0 Å². The first kappa shape index (κ1) is 11.5. The minimum Gasteiger partial charge on any atom is -0.396 e. The van der Waals surface area contributed by atoms with Crippen molar-refractivity contribution in [3.05, 3.63) is 39.1 Å². The van der Waals surface area contributed by atoms with Crippen LogP contribution in [0.2, 0.25) is 5.02 Å². The van der Waals surface area contributed by atoms with Crippen molar-refractivity contribution in [2.45, 2.75) is 13.8 Å². The van der Waals surface area contributed by atoms with Crippen molar-refractivity contribution < 1.29 is 0 Å². The zero-order valence-corrected chi connectivity index (χ0v) is 11.3. The van der Waals surface area contributed by atoms with Crippen molar-refractivity contribution >= 4 is 33.2 Å². The zero-order chi connectivity index (χ0) is 11.9. The fourth-order valence-electron chi connectivity index (χ4n) is 1.57. The van der Waals surface area contributed by atoms with E-state index in [9.17, 15) is 0 Å². The lowest BCUT2D eigenvalue weighted by Gasteiger charge is -2.08. The van der Waals surface area contributed by atoms with E-state index in [4.69, 9.17) is 17.3 Å². The Morgan fingerprint density at radius 1 is 1.38 bits per heavy atom. The number of nitrogens with zero attached hydrogens (tertiary/aromatic N) is 2. The van der Waals surface area contributed by atoms with Crippen LogP contribution in [0.15, 0.2) is 22.7 Å². The Bertz CT molecular complexity index is 548. The largest absolute Gasteiger partial charge is 0.396 e. The van der Waals surface area contributed by atoms with E-state index >= 15 is 0 Å². The Morgan fingerprint density at radius 2 is 2.06 bits per heavy atom. The van der Waals surface area contributed by atoms with Crippen LogP contribution in [0, 0.1) is 13.8 Å². The van der Waals surface area contributed by atoms with Crippen molar-refractivity contribution in [3.63, 3.8) is 0 Å². The number of nitrogens with two attached hydrogens (primary N) is 1. The number of aromatic nitrogens is 2. The average molecular weight is 301 g/mol. The molecule has 3 nitrogen and oxygen atoms in total. The second kappa shape index (κ2) is 4.11. The highest BCUT2D eigenvalue weighted by Gasteiger charge is 2.13. The Labute approximate surface area is 107 Å². The zero-order valence-electron chi connectivity index (χ0n) is 8.96. The van der Waals surface area contributed by atoms with Gasteiger partial charge in [0.2, 0.25) is 0 Å². The molecule has 1 aromatic carbocycles. The van der Waals surface area contributed by atoms with E-state index in [1.165, 1.54) is 0 Å². The number of para-hydroxylation sites is 1. The highest BCUT2D eigenvalue weighted by atomic mass is 79.9. The molecule has 2 N–H and O–H groups in total. The van der Waals surface area contributed by atoms with E-state index in [-0.39, 0.29) is 0 Å². The minimum absolute atomic E-state index is 0.543. The molecule has 0 radical (unpaired) electrons. The number of hydrogen-bond donors (Lipinski definition) is 1. The van der Waals surface area contributed by atoms with Gasteiger partial charge in [-0.05, 0) is 41.9 Å². The SMILES string of the molecule is Cc1nn(-c2cccc(Cl)c2N)c(C)c1Br. The number of hydrogen-bond acceptors (Lipinski definition) is 2. The Kier molecular flexibility index (Phi) is 2.95. The van der Waals surface area contributed by atoms with Gasteiger partial charge in [-0.1, -0.05) is 17.7 Å². The van der Waals surface area contributed by atoms with Crippen LogP contribution in [0.1, 0.15) is 11.4 Å². The summed E-state index contributed by atoms with van der Waals surface area (Å²) in [5.41, 5.74) is 9.22. The van der Waals surface area contributed by atoms with Gasteiger partial charge in [-0.2, -0.15) is 5.10 Å². The molecular formula is C11H11BrClN3. The summed E-state index contributed by atoms with van der Waals surface area (Å²) in [4.78, 5) is 0. The molecule has 0 atom stereocenters. The summed E-state index contributed by atoms with van der Waals surface area (Å²) in [6.07, 6.45) is 0. The van der Waals surface area contributed by atoms with E-state index < -0.39 is 0 Å². The van der Waals surface area contributed by atoms with Gasteiger partial charge in [0, 0.05) is 0 Å². The van der Waals surface area contributed by atoms with Gasteiger partial charge in [0.15, 0.2) is 0 Å². The number of anilines is 1. The maximum Gasteiger partial charge on any atom is 0.0893 e. The van der Waals surface area contributed by atoms with Crippen molar-refractivity contribution in [1.29, 1.82) is 0 Å². The van der Waals surface area contributed by atoms with Gasteiger partial charge in [-0.15, -0.1) is 0 Å². The molecule has 0 unspecified atom stereocenters. The summed E-state index contributed by atoms with van der Waals surface area (Å²) in [6.45, 7) is 3.92. The number of rotatable bonds is 1. The summed E-state index contributed by atoms with van der Waals surface area (Å²) in [6, 6.07) is 5.52. The van der Waals surface area contributed by atoms with Crippen molar-refractivity contribution in [2.24, 2.45) is 0 Å². The maximum absolute atomic E-state index is 5.98. The molecule has 0 fully saturated rings. The predicted molar refractivity (Wildman–Crippen MR) is 70.2 cm³/mol. The first-order valence-electron chi connectivity index (χ1n) is 4.78. The van der Waals surface area contributed by atoms with Gasteiger partial charge in [-0.25, -0.2) is 4.68 Å². The Hall–Kier alpha value is -1.00. The molecule has 0 saturated carbocycles. The van der Waals surface area contributed by atoms with Crippen LogP contribution in [0.5, 0.6) is 0 Å². The van der Waals surface area contributed by atoms with E-state index in [1.807, 2.05) is 26.0 Å². The molecule has 0 saturated heterocycles. The third-order valence-electron chi connectivity index (χ3n) is 2.46. The van der Waals surface area contributed by atoms with Crippen molar-refractivity contribution in [1.82, 2.24) is 9.78 Å². The molecular weight excluding hydrogens is 289 g/mol. The topological polar surface area (TPSA) is 43.8 Å². The second-order valence-corrected chi connectivity index (χ2v) is 4.77. The summed E-state index contributed by atoms with van der Waals surface area (Å²) in [5.74, 6) is 0. The highest BCUT2D eigenvalue weighted by molar-refractivity contribution is 9.10. The van der Waals surface area contributed by atoms with Gasteiger partial charge in [0.1, 0.15) is 0 Å². The molecule has 5 heteroatoms. The normalized spacial score (nSPS) is 10.8. The van der Waals surface area contributed by atoms with Crippen LogP contribution >= 0.6 is 27.5 Å². The van der Waals surface area contributed by atoms with Crippen LogP contribution in [-0.4, -0.2) is 9.78 Å². The molecule has 1 heterocycles. The summed E-state index contributed by atoms with van der Waals surface area (Å²) in [5, 5.41) is 4.96. The quantitative estimate of drug-likeness (QED) is 0.819. The molecule has 2 rings (SSSR count). The van der Waals surface area contributed by atoms with E-state index in [1.54, 1.807) is 10.7 Å². The predicted octanol–water partition coefficient (Wildman–Crippen LogP) is 3.49. The standard InChI is InChI=1S/C11H11BrClN3/c1-6-10(12)7(2)16(15-6)9-5-3-4-8(13)11(9)14/h3-5H,14H2,1-2H3. The lowest BCUT2D eigenvalue weighted by atomic mass is 10.2. The molecule has 0 aliphatic heterocycles. The fourth-order valence-corrected chi connectivity index (χ4v) is 1.99. The molecule has 0 bridgehead atoms. The number of nitrogen functional groups attached to an aromatic ring is 1. The second-order valence-electron chi connectivity index (χ2n) is 3.57. The summed E-state index contributed by atoms with van der Waals surface area (Å²) in [7, 11) is 0. The van der Waals surface area contributed by atoms with Crippen molar-refractivity contribution in [2.75, 3.05) is 5.73 Å². The third kappa shape index (κ3) is 1.72. The van der Waals surface area contributed by atoms with Crippen LogP contribution in [0.3, 0.4) is 0 Å². The monoisotopic (exact) mass is 299 g/mol. The molecule has 0 aliphatic rings. The molecule has 0 spiro atoms. The molecule has 84 valence electrons. The molecule has 16 heavy (non-hydrogen) atoms. The first-order valence-corrected chi connectivity index (χ1v) is 5.95. The van der Waals surface area contributed by atoms with Gasteiger partial charge < -0.3 is 5.73 Å². The smallest absolute Gasteiger partial charge is 0.0893 e. The fraction of sp³-hybridized carbons (Fsp3) is 0.182. The highest BCUT2D eigenvalue weighted by Crippen LogP contribution is 2.29. The van der Waals surface area contributed by atoms with Crippen LogP contribution in [0.4, 0.5) is 5.69 Å². The maximum atomic E-state index is 5.98. The average Bonchev–Trinajstić information content (AvgIpc) is 2.50. The van der Waals surface area contributed by atoms with E-state index in [0.29, 0.717) is 10.7 Å². The van der Waals surface area contributed by atoms with Gasteiger partial charge in [-0.3, -0.25) is 0 Å². The number of halogens is 2. The van der Waals surface area contributed by atoms with Crippen LogP contribution < -0.4 is 5.73 Å². The minimum atomic E-state index is 0.543. The van der Waals surface area contributed by atoms with E-state index in [0.717, 1.165) is 21.5 Å². The molecule has 0 aliphatic carbocycles. The van der Waals surface area contributed by atoms with Crippen molar-refractivity contribution in [3.8, 4) is 5.69 Å². The van der Waals surface area contributed by atoms with E-state index in [2.05, 4.69) is 21.0 Å². The Balaban J connectivity index is 2.68. The first-order chi connectivity index (χ1) is 7.52. The summed E-state index contributed by atoms with van der Waals surface area (Å²) < 4.78 is 2.78. The lowest BCUT2D eigenvalue weighted by molar-refractivity contribution is 0.835. The third-order valence-corrected chi connectivity index (χ3v) is 3.94. The summed E-state index contributed by atoms with van der Waals surface area (Å²) >= 11 is 9.47. The van der Waals surface area contributed by atoms with Gasteiger partial charge in [0.05, 0.1) is 32.3 Å². The number of benzene rings is 1. The molecule has 0 amide bonds.